The van der Waals surface area contributed by atoms with Crippen LogP contribution in [0.1, 0.15) is 27.0 Å². The summed E-state index contributed by atoms with van der Waals surface area (Å²) in [5.41, 5.74) is 1.13. The number of hydrogen-bond acceptors (Lipinski definition) is 3. The molecule has 1 unspecified atom stereocenters. The Morgan fingerprint density at radius 3 is 2.82 bits per heavy atom. The van der Waals surface area contributed by atoms with E-state index in [-0.39, 0.29) is 17.9 Å². The van der Waals surface area contributed by atoms with Gasteiger partial charge in [-0.15, -0.1) is 11.3 Å². The van der Waals surface area contributed by atoms with Gasteiger partial charge in [-0.05, 0) is 32.4 Å². The first kappa shape index (κ1) is 12.1. The summed E-state index contributed by atoms with van der Waals surface area (Å²) >= 11 is 1.50. The van der Waals surface area contributed by atoms with Gasteiger partial charge in [-0.1, -0.05) is 0 Å². The molecule has 0 bridgehead atoms. The summed E-state index contributed by atoms with van der Waals surface area (Å²) in [4.78, 5) is 27.3. The van der Waals surface area contributed by atoms with Crippen molar-refractivity contribution in [2.45, 2.75) is 26.8 Å². The zero-order valence-corrected chi connectivity index (χ0v) is 11.1. The Morgan fingerprint density at radius 1 is 1.53 bits per heavy atom. The molecule has 1 fully saturated rings. The fourth-order valence-electron chi connectivity index (χ4n) is 1.88. The molecular formula is C12H16N2O2S. The molecule has 92 valence electrons. The van der Waals surface area contributed by atoms with Crippen LogP contribution in [0.4, 0.5) is 0 Å². The summed E-state index contributed by atoms with van der Waals surface area (Å²) < 4.78 is 0. The van der Waals surface area contributed by atoms with E-state index < -0.39 is 0 Å². The smallest absolute Gasteiger partial charge is 0.264 e. The monoisotopic (exact) mass is 252 g/mol. The Hall–Kier alpha value is -1.36. The second-order valence-corrected chi connectivity index (χ2v) is 5.57. The number of nitrogens with zero attached hydrogens (tertiary/aromatic N) is 1. The normalized spacial score (nSPS) is 20.3. The Balaban J connectivity index is 2.22. The summed E-state index contributed by atoms with van der Waals surface area (Å²) in [6.07, 6.45) is 0. The number of aryl methyl sites for hydroxylation is 2. The van der Waals surface area contributed by atoms with Crippen LogP contribution in [0.5, 0.6) is 0 Å². The standard InChI is InChI=1S/C12H16N2O2S/c1-7-6-10(17-9(7)3)12(16)14-5-4-13-11(15)8(14)2/h6,8H,4-5H2,1-3H3,(H,13,15). The van der Waals surface area contributed by atoms with E-state index in [0.717, 1.165) is 15.3 Å². The highest BCUT2D eigenvalue weighted by Gasteiger charge is 2.30. The van der Waals surface area contributed by atoms with Gasteiger partial charge in [0.05, 0.1) is 4.88 Å². The first-order valence-corrected chi connectivity index (χ1v) is 6.48. The molecule has 17 heavy (non-hydrogen) atoms. The molecule has 4 nitrogen and oxygen atoms in total. The van der Waals surface area contributed by atoms with Crippen LogP contribution in [0.2, 0.25) is 0 Å². The minimum atomic E-state index is -0.376. The lowest BCUT2D eigenvalue weighted by atomic mass is 10.2. The molecule has 2 amide bonds. The zero-order valence-electron chi connectivity index (χ0n) is 10.2. The molecule has 0 radical (unpaired) electrons. The molecule has 1 aliphatic rings. The van der Waals surface area contributed by atoms with Crippen LogP contribution in [-0.2, 0) is 4.79 Å². The lowest BCUT2D eigenvalue weighted by molar-refractivity contribution is -0.127. The molecule has 1 atom stereocenters. The van der Waals surface area contributed by atoms with E-state index >= 15 is 0 Å². The Bertz CT molecular complexity index is 448. The number of carbonyl (C=O) groups is 2. The molecule has 5 heteroatoms. The van der Waals surface area contributed by atoms with Crippen LogP contribution in [0.3, 0.4) is 0 Å². The van der Waals surface area contributed by atoms with E-state index in [9.17, 15) is 9.59 Å². The van der Waals surface area contributed by atoms with Crippen LogP contribution in [0, 0.1) is 13.8 Å². The molecule has 0 spiro atoms. The van der Waals surface area contributed by atoms with Gasteiger partial charge in [0.1, 0.15) is 6.04 Å². The maximum atomic E-state index is 12.3. The van der Waals surface area contributed by atoms with E-state index in [2.05, 4.69) is 5.32 Å². The predicted molar refractivity (Wildman–Crippen MR) is 67.3 cm³/mol. The number of amides is 2. The highest BCUT2D eigenvalue weighted by atomic mass is 32.1. The number of thiophene rings is 1. The van der Waals surface area contributed by atoms with Crippen LogP contribution < -0.4 is 5.32 Å². The minimum Gasteiger partial charge on any atom is -0.353 e. The molecule has 2 heterocycles. The van der Waals surface area contributed by atoms with Gasteiger partial charge in [-0.2, -0.15) is 0 Å². The number of carbonyl (C=O) groups excluding carboxylic acids is 2. The lowest BCUT2D eigenvalue weighted by Gasteiger charge is -2.32. The van der Waals surface area contributed by atoms with E-state index in [0.29, 0.717) is 13.1 Å². The van der Waals surface area contributed by atoms with E-state index in [4.69, 9.17) is 0 Å². The van der Waals surface area contributed by atoms with Gasteiger partial charge in [0.2, 0.25) is 5.91 Å². The van der Waals surface area contributed by atoms with E-state index in [1.54, 1.807) is 11.8 Å². The maximum Gasteiger partial charge on any atom is 0.264 e. The van der Waals surface area contributed by atoms with Gasteiger partial charge in [0.25, 0.3) is 5.91 Å². The highest BCUT2D eigenvalue weighted by Crippen LogP contribution is 2.23. The molecule has 1 N–H and O–H groups in total. The molecule has 0 aliphatic carbocycles. The molecule has 0 aromatic carbocycles. The van der Waals surface area contributed by atoms with Gasteiger partial charge in [0, 0.05) is 18.0 Å². The summed E-state index contributed by atoms with van der Waals surface area (Å²) in [5.74, 6) is -0.108. The number of rotatable bonds is 1. The maximum absolute atomic E-state index is 12.3. The van der Waals surface area contributed by atoms with Crippen molar-refractivity contribution in [1.82, 2.24) is 10.2 Å². The predicted octanol–water partition coefficient (Wildman–Crippen LogP) is 1.33. The van der Waals surface area contributed by atoms with Crippen molar-refractivity contribution in [1.29, 1.82) is 0 Å². The SMILES string of the molecule is Cc1cc(C(=O)N2CCNC(=O)C2C)sc1C. The quantitative estimate of drug-likeness (QED) is 0.819. The second kappa shape index (κ2) is 4.49. The fraction of sp³-hybridized carbons (Fsp3) is 0.500. The Labute approximate surface area is 105 Å². The number of piperazine rings is 1. The van der Waals surface area contributed by atoms with Gasteiger partial charge >= 0.3 is 0 Å². The van der Waals surface area contributed by atoms with Crippen LogP contribution >= 0.6 is 11.3 Å². The number of nitrogens with one attached hydrogen (secondary N) is 1. The topological polar surface area (TPSA) is 49.4 Å². The van der Waals surface area contributed by atoms with Gasteiger partial charge in [0.15, 0.2) is 0 Å². The zero-order chi connectivity index (χ0) is 12.6. The number of hydrogen-bond donors (Lipinski definition) is 1. The lowest BCUT2D eigenvalue weighted by Crippen LogP contribution is -2.55. The van der Waals surface area contributed by atoms with Crippen molar-refractivity contribution in [2.75, 3.05) is 13.1 Å². The molecule has 2 rings (SSSR count). The summed E-state index contributed by atoms with van der Waals surface area (Å²) in [6, 6.07) is 1.53. The van der Waals surface area contributed by atoms with Crippen LogP contribution in [0.15, 0.2) is 6.07 Å². The average molecular weight is 252 g/mol. The van der Waals surface area contributed by atoms with Crippen molar-refractivity contribution in [3.63, 3.8) is 0 Å². The van der Waals surface area contributed by atoms with E-state index in [1.165, 1.54) is 11.3 Å². The Morgan fingerprint density at radius 2 is 2.24 bits per heavy atom. The van der Waals surface area contributed by atoms with Crippen molar-refractivity contribution in [2.24, 2.45) is 0 Å². The first-order valence-electron chi connectivity index (χ1n) is 5.66. The largest absolute Gasteiger partial charge is 0.353 e. The van der Waals surface area contributed by atoms with Crippen LogP contribution in [0.25, 0.3) is 0 Å². The second-order valence-electron chi connectivity index (χ2n) is 4.32. The Kier molecular flexibility index (Phi) is 3.19. The third kappa shape index (κ3) is 2.20. The third-order valence-electron chi connectivity index (χ3n) is 3.14. The van der Waals surface area contributed by atoms with Crippen LogP contribution in [-0.4, -0.2) is 35.8 Å². The first-order chi connectivity index (χ1) is 8.00. The van der Waals surface area contributed by atoms with Gasteiger partial charge in [-0.3, -0.25) is 9.59 Å². The highest BCUT2D eigenvalue weighted by molar-refractivity contribution is 7.14. The van der Waals surface area contributed by atoms with Crippen molar-refractivity contribution in [3.8, 4) is 0 Å². The molecule has 1 saturated heterocycles. The van der Waals surface area contributed by atoms with Gasteiger partial charge in [-0.25, -0.2) is 0 Å². The van der Waals surface area contributed by atoms with Crippen molar-refractivity contribution in [3.05, 3.63) is 21.4 Å². The molecular weight excluding hydrogens is 236 g/mol. The molecule has 1 aromatic heterocycles. The minimum absolute atomic E-state index is 0.0337. The van der Waals surface area contributed by atoms with Crippen molar-refractivity contribution < 1.29 is 9.59 Å². The summed E-state index contributed by atoms with van der Waals surface area (Å²) in [5, 5.41) is 2.76. The third-order valence-corrected chi connectivity index (χ3v) is 4.28. The summed E-state index contributed by atoms with van der Waals surface area (Å²) in [6.45, 7) is 6.89. The molecule has 1 aliphatic heterocycles. The average Bonchev–Trinajstić information content (AvgIpc) is 2.62. The fourth-order valence-corrected chi connectivity index (χ4v) is 2.87. The van der Waals surface area contributed by atoms with Crippen molar-refractivity contribution >= 4 is 23.2 Å². The van der Waals surface area contributed by atoms with Gasteiger partial charge < -0.3 is 10.2 Å². The van der Waals surface area contributed by atoms with E-state index in [1.807, 2.05) is 19.9 Å². The molecule has 0 saturated carbocycles. The molecule has 1 aromatic rings. The summed E-state index contributed by atoms with van der Waals surface area (Å²) in [7, 11) is 0.